The Hall–Kier alpha value is -1.55. The molecule has 2 aromatic rings. The minimum Gasteiger partial charge on any atom is -0.408 e. The van der Waals surface area contributed by atoms with Crippen molar-refractivity contribution in [2.75, 3.05) is 7.05 Å². The summed E-state index contributed by atoms with van der Waals surface area (Å²) in [5.41, 5.74) is 2.60. The molecule has 1 unspecified atom stereocenters. The Morgan fingerprint density at radius 1 is 1.50 bits per heavy atom. The van der Waals surface area contributed by atoms with Gasteiger partial charge in [-0.2, -0.15) is 0 Å². The quantitative estimate of drug-likeness (QED) is 0.871. The first kappa shape index (κ1) is 11.5. The van der Waals surface area contributed by atoms with Crippen LogP contribution in [-0.2, 0) is 0 Å². The Kier molecular flexibility index (Phi) is 2.96. The predicted octanol–water partition coefficient (Wildman–Crippen LogP) is 2.57. The molecular formula is C14H18N2O2. The van der Waals surface area contributed by atoms with E-state index in [4.69, 9.17) is 4.42 Å². The highest BCUT2D eigenvalue weighted by molar-refractivity contribution is 5.72. The molecular weight excluding hydrogens is 228 g/mol. The van der Waals surface area contributed by atoms with Gasteiger partial charge in [0.05, 0.1) is 5.52 Å². The maximum atomic E-state index is 11.1. The smallest absolute Gasteiger partial charge is 0.408 e. The van der Waals surface area contributed by atoms with Crippen LogP contribution in [0.1, 0.15) is 37.3 Å². The summed E-state index contributed by atoms with van der Waals surface area (Å²) in [7, 11) is 1.99. The molecule has 1 saturated carbocycles. The summed E-state index contributed by atoms with van der Waals surface area (Å²) >= 11 is 0. The van der Waals surface area contributed by atoms with E-state index >= 15 is 0 Å². The van der Waals surface area contributed by atoms with Gasteiger partial charge in [0.15, 0.2) is 5.58 Å². The van der Waals surface area contributed by atoms with Crippen LogP contribution >= 0.6 is 0 Å². The van der Waals surface area contributed by atoms with E-state index in [2.05, 4.69) is 16.4 Å². The Bertz CT molecular complexity index is 595. The van der Waals surface area contributed by atoms with Crippen LogP contribution < -0.4 is 11.1 Å². The molecule has 4 nitrogen and oxygen atoms in total. The van der Waals surface area contributed by atoms with E-state index in [1.165, 1.54) is 24.8 Å². The second-order valence-electron chi connectivity index (χ2n) is 5.14. The van der Waals surface area contributed by atoms with Crippen LogP contribution in [0.3, 0.4) is 0 Å². The monoisotopic (exact) mass is 246 g/mol. The van der Waals surface area contributed by atoms with Gasteiger partial charge in [-0.1, -0.05) is 25.3 Å². The lowest BCUT2D eigenvalue weighted by molar-refractivity contribution is 0.265. The van der Waals surface area contributed by atoms with E-state index in [1.807, 2.05) is 19.2 Å². The Labute approximate surface area is 105 Å². The molecule has 1 aliphatic carbocycles. The van der Waals surface area contributed by atoms with Crippen molar-refractivity contribution in [3.8, 4) is 0 Å². The van der Waals surface area contributed by atoms with Gasteiger partial charge in [-0.05, 0) is 37.1 Å². The molecule has 1 heterocycles. The van der Waals surface area contributed by atoms with Gasteiger partial charge in [0.1, 0.15) is 0 Å². The number of hydrogen-bond acceptors (Lipinski definition) is 3. The van der Waals surface area contributed by atoms with Crippen LogP contribution in [-0.4, -0.2) is 12.0 Å². The zero-order valence-electron chi connectivity index (χ0n) is 10.5. The van der Waals surface area contributed by atoms with Gasteiger partial charge in [-0.15, -0.1) is 0 Å². The van der Waals surface area contributed by atoms with Crippen molar-refractivity contribution >= 4 is 11.1 Å². The van der Waals surface area contributed by atoms with Gasteiger partial charge in [-0.3, -0.25) is 4.98 Å². The van der Waals surface area contributed by atoms with Gasteiger partial charge in [0.25, 0.3) is 0 Å². The summed E-state index contributed by atoms with van der Waals surface area (Å²) < 4.78 is 5.11. The van der Waals surface area contributed by atoms with Crippen molar-refractivity contribution in [3.63, 3.8) is 0 Å². The molecule has 3 rings (SSSR count). The fourth-order valence-corrected chi connectivity index (χ4v) is 2.66. The van der Waals surface area contributed by atoms with Gasteiger partial charge in [0, 0.05) is 6.04 Å². The zero-order valence-corrected chi connectivity index (χ0v) is 10.5. The van der Waals surface area contributed by atoms with Crippen LogP contribution in [0.15, 0.2) is 27.4 Å². The summed E-state index contributed by atoms with van der Waals surface area (Å²) in [6.45, 7) is 0. The van der Waals surface area contributed by atoms with Crippen LogP contribution in [0, 0.1) is 5.92 Å². The minimum atomic E-state index is -0.387. The molecule has 0 saturated heterocycles. The summed E-state index contributed by atoms with van der Waals surface area (Å²) in [5.74, 6) is 0.457. The summed E-state index contributed by atoms with van der Waals surface area (Å²) in [4.78, 5) is 13.8. The third-order valence-electron chi connectivity index (χ3n) is 3.99. The van der Waals surface area contributed by atoms with E-state index in [-0.39, 0.29) is 5.76 Å². The van der Waals surface area contributed by atoms with E-state index in [9.17, 15) is 4.79 Å². The SMILES string of the molecule is CNC(CC1CCC1)c1ccc2[nH]c(=O)oc2c1. The molecule has 96 valence electrons. The molecule has 0 aliphatic heterocycles. The van der Waals surface area contributed by atoms with Gasteiger partial charge in [-0.25, -0.2) is 4.79 Å². The standard InChI is InChI=1S/C14H18N2O2/c1-15-12(7-9-3-2-4-9)10-5-6-11-13(8-10)18-14(17)16-11/h5-6,8-9,12,15H,2-4,7H2,1H3,(H,16,17). The maximum absolute atomic E-state index is 11.1. The Morgan fingerprint density at radius 2 is 2.33 bits per heavy atom. The number of aromatic nitrogens is 1. The lowest BCUT2D eigenvalue weighted by Crippen LogP contribution is -2.23. The summed E-state index contributed by atoms with van der Waals surface area (Å²) in [5, 5.41) is 3.36. The molecule has 1 aliphatic rings. The van der Waals surface area contributed by atoms with E-state index in [0.717, 1.165) is 17.9 Å². The van der Waals surface area contributed by atoms with Crippen molar-refractivity contribution in [1.29, 1.82) is 0 Å². The molecule has 2 N–H and O–H groups in total. The fourth-order valence-electron chi connectivity index (χ4n) is 2.66. The Balaban J connectivity index is 1.88. The molecule has 0 radical (unpaired) electrons. The van der Waals surface area contributed by atoms with Crippen molar-refractivity contribution in [3.05, 3.63) is 34.3 Å². The van der Waals surface area contributed by atoms with Crippen LogP contribution in [0.5, 0.6) is 0 Å². The third kappa shape index (κ3) is 2.08. The highest BCUT2D eigenvalue weighted by Gasteiger charge is 2.22. The number of fused-ring (bicyclic) bond motifs is 1. The second kappa shape index (κ2) is 4.61. The molecule has 0 amide bonds. The minimum absolute atomic E-state index is 0.347. The highest BCUT2D eigenvalue weighted by atomic mass is 16.4. The number of H-pyrrole nitrogens is 1. The number of rotatable bonds is 4. The van der Waals surface area contributed by atoms with Crippen molar-refractivity contribution < 1.29 is 4.42 Å². The lowest BCUT2D eigenvalue weighted by Gasteiger charge is -2.29. The van der Waals surface area contributed by atoms with E-state index < -0.39 is 0 Å². The lowest BCUT2D eigenvalue weighted by atomic mass is 9.79. The van der Waals surface area contributed by atoms with Crippen LogP contribution in [0.25, 0.3) is 11.1 Å². The van der Waals surface area contributed by atoms with Crippen LogP contribution in [0.4, 0.5) is 0 Å². The first-order valence-electron chi connectivity index (χ1n) is 6.56. The molecule has 0 spiro atoms. The van der Waals surface area contributed by atoms with Crippen molar-refractivity contribution in [2.24, 2.45) is 5.92 Å². The number of benzene rings is 1. The molecule has 0 bridgehead atoms. The second-order valence-corrected chi connectivity index (χ2v) is 5.14. The largest absolute Gasteiger partial charge is 0.417 e. The van der Waals surface area contributed by atoms with Crippen molar-refractivity contribution in [1.82, 2.24) is 10.3 Å². The van der Waals surface area contributed by atoms with Crippen molar-refractivity contribution in [2.45, 2.75) is 31.7 Å². The normalized spacial score (nSPS) is 17.8. The molecule has 1 aromatic carbocycles. The molecule has 4 heteroatoms. The predicted molar refractivity (Wildman–Crippen MR) is 70.6 cm³/mol. The fraction of sp³-hybridized carbons (Fsp3) is 0.500. The number of oxazole rings is 1. The third-order valence-corrected chi connectivity index (χ3v) is 3.99. The number of hydrogen-bond donors (Lipinski definition) is 2. The van der Waals surface area contributed by atoms with E-state index in [1.54, 1.807) is 0 Å². The van der Waals surface area contributed by atoms with E-state index in [0.29, 0.717) is 11.6 Å². The maximum Gasteiger partial charge on any atom is 0.417 e. The number of nitrogens with one attached hydrogen (secondary N) is 2. The molecule has 1 fully saturated rings. The van der Waals surface area contributed by atoms with Gasteiger partial charge in [0.2, 0.25) is 0 Å². The molecule has 1 atom stereocenters. The Morgan fingerprint density at radius 3 is 3.00 bits per heavy atom. The highest BCUT2D eigenvalue weighted by Crippen LogP contribution is 2.35. The molecule has 1 aromatic heterocycles. The zero-order chi connectivity index (χ0) is 12.5. The van der Waals surface area contributed by atoms with Gasteiger partial charge < -0.3 is 9.73 Å². The van der Waals surface area contributed by atoms with Gasteiger partial charge >= 0.3 is 5.76 Å². The van der Waals surface area contributed by atoms with Crippen LogP contribution in [0.2, 0.25) is 0 Å². The summed E-state index contributed by atoms with van der Waals surface area (Å²) in [6.07, 6.45) is 5.23. The first-order valence-corrected chi connectivity index (χ1v) is 6.56. The summed E-state index contributed by atoms with van der Waals surface area (Å²) in [6, 6.07) is 6.29. The molecule has 18 heavy (non-hydrogen) atoms. The average molecular weight is 246 g/mol. The first-order chi connectivity index (χ1) is 8.76. The number of aromatic amines is 1. The topological polar surface area (TPSA) is 58.0 Å². The average Bonchev–Trinajstić information content (AvgIpc) is 2.67.